The molecule has 0 bridgehead atoms. The van der Waals surface area contributed by atoms with E-state index in [-0.39, 0.29) is 30.8 Å². The van der Waals surface area contributed by atoms with Gasteiger partial charge in [-0.15, -0.1) is 0 Å². The molecular weight excluding hydrogens is 572 g/mol. The van der Waals surface area contributed by atoms with Crippen LogP contribution in [-0.2, 0) is 17.8 Å². The van der Waals surface area contributed by atoms with Gasteiger partial charge in [-0.3, -0.25) is 14.5 Å². The molecule has 1 aliphatic rings. The first-order valence-corrected chi connectivity index (χ1v) is 14.0. The number of amides is 3. The molecule has 4 aromatic rings. The number of carbonyl (C=O) groups is 3. The Bertz CT molecular complexity index is 1530. The van der Waals surface area contributed by atoms with Crippen molar-refractivity contribution in [1.82, 2.24) is 14.8 Å². The number of hydrogen-bond donors (Lipinski definition) is 2. The molecule has 1 saturated heterocycles. The molecule has 1 aromatic heterocycles. The molecule has 40 heavy (non-hydrogen) atoms. The Labute approximate surface area is 241 Å². The first kappa shape index (κ1) is 27.5. The van der Waals surface area contributed by atoms with Crippen LogP contribution in [0.25, 0.3) is 10.9 Å². The quantitative estimate of drug-likeness (QED) is 0.254. The first-order chi connectivity index (χ1) is 19.3. The van der Waals surface area contributed by atoms with Crippen LogP contribution in [0.15, 0.2) is 83.5 Å². The van der Waals surface area contributed by atoms with Gasteiger partial charge in [0.25, 0.3) is 5.91 Å². The monoisotopic (exact) mass is 602 g/mol. The van der Waals surface area contributed by atoms with Gasteiger partial charge in [0.15, 0.2) is 0 Å². The van der Waals surface area contributed by atoms with Crippen molar-refractivity contribution in [3.63, 3.8) is 0 Å². The standard InChI is InChI=1S/C31H31BrN4O4/c1-34(15-14-22-17-33-28-9-5-4-7-26(22)28)30(39)27-8-3-2-6-23(27)20-35-18-21(16-29(37)38)19-36(31(35)40)25-12-10-24(32)11-13-25/h2-13,17,21,33H,14-16,18-20H2,1H3,(H,37,38). The third-order valence-electron chi connectivity index (χ3n) is 7.37. The van der Waals surface area contributed by atoms with Crippen LogP contribution >= 0.6 is 15.9 Å². The summed E-state index contributed by atoms with van der Waals surface area (Å²) in [5.41, 5.74) is 4.19. The highest BCUT2D eigenvalue weighted by Crippen LogP contribution is 2.28. The number of aromatic amines is 1. The number of carboxylic acids is 1. The summed E-state index contributed by atoms with van der Waals surface area (Å²) in [6.07, 6.45) is 2.65. The number of halogens is 1. The van der Waals surface area contributed by atoms with E-state index in [1.54, 1.807) is 27.8 Å². The minimum absolute atomic E-state index is 0.0477. The Morgan fingerprint density at radius 3 is 2.50 bits per heavy atom. The summed E-state index contributed by atoms with van der Waals surface area (Å²) in [6, 6.07) is 22.6. The van der Waals surface area contributed by atoms with Gasteiger partial charge < -0.3 is 19.9 Å². The molecule has 3 amide bonds. The number of nitrogens with zero attached hydrogens (tertiary/aromatic N) is 3. The number of benzene rings is 3. The molecule has 9 heteroatoms. The Balaban J connectivity index is 1.33. The maximum absolute atomic E-state index is 13.6. The fourth-order valence-corrected chi connectivity index (χ4v) is 5.57. The molecule has 5 rings (SSSR count). The molecule has 2 heterocycles. The second-order valence-corrected chi connectivity index (χ2v) is 11.1. The molecule has 206 valence electrons. The Morgan fingerprint density at radius 2 is 1.73 bits per heavy atom. The van der Waals surface area contributed by atoms with E-state index in [0.29, 0.717) is 37.3 Å². The van der Waals surface area contributed by atoms with E-state index in [2.05, 4.69) is 27.0 Å². The lowest BCUT2D eigenvalue weighted by Gasteiger charge is -2.40. The smallest absolute Gasteiger partial charge is 0.324 e. The average Bonchev–Trinajstić information content (AvgIpc) is 3.36. The van der Waals surface area contributed by atoms with Crippen LogP contribution in [-0.4, -0.2) is 64.5 Å². The third kappa shape index (κ3) is 6.04. The van der Waals surface area contributed by atoms with Gasteiger partial charge >= 0.3 is 12.0 Å². The van der Waals surface area contributed by atoms with E-state index in [0.717, 1.165) is 26.5 Å². The molecule has 3 aromatic carbocycles. The van der Waals surface area contributed by atoms with E-state index >= 15 is 0 Å². The molecule has 0 saturated carbocycles. The second-order valence-electron chi connectivity index (χ2n) is 10.2. The number of rotatable bonds is 9. The summed E-state index contributed by atoms with van der Waals surface area (Å²) in [5, 5.41) is 10.6. The zero-order valence-corrected chi connectivity index (χ0v) is 23.8. The number of carbonyl (C=O) groups excluding carboxylic acids is 2. The van der Waals surface area contributed by atoms with E-state index in [1.165, 1.54) is 0 Å². The third-order valence-corrected chi connectivity index (χ3v) is 7.90. The zero-order chi connectivity index (χ0) is 28.2. The number of para-hydroxylation sites is 1. The number of likely N-dealkylation sites (N-methyl/N-ethyl adjacent to an activating group) is 1. The van der Waals surface area contributed by atoms with E-state index < -0.39 is 5.97 Å². The van der Waals surface area contributed by atoms with Crippen LogP contribution in [0.1, 0.15) is 27.9 Å². The van der Waals surface area contributed by atoms with Gasteiger partial charge in [-0.25, -0.2) is 4.79 Å². The summed E-state index contributed by atoms with van der Waals surface area (Å²) >= 11 is 3.42. The number of nitrogens with one attached hydrogen (secondary N) is 1. The Hall–Kier alpha value is -4.11. The van der Waals surface area contributed by atoms with Gasteiger partial charge in [-0.05, 0) is 53.9 Å². The SMILES string of the molecule is CN(CCc1c[nH]c2ccccc12)C(=O)c1ccccc1CN1CC(CC(=O)O)CN(c2ccc(Br)cc2)C1=O. The maximum Gasteiger partial charge on any atom is 0.324 e. The number of aromatic nitrogens is 1. The van der Waals surface area contributed by atoms with Crippen molar-refractivity contribution in [2.24, 2.45) is 5.92 Å². The first-order valence-electron chi connectivity index (χ1n) is 13.2. The number of hydrogen-bond acceptors (Lipinski definition) is 3. The zero-order valence-electron chi connectivity index (χ0n) is 22.2. The van der Waals surface area contributed by atoms with E-state index in [9.17, 15) is 19.5 Å². The molecule has 1 atom stereocenters. The van der Waals surface area contributed by atoms with Gasteiger partial charge in [-0.2, -0.15) is 0 Å². The van der Waals surface area contributed by atoms with Gasteiger partial charge in [0.2, 0.25) is 0 Å². The molecular formula is C31H31BrN4O4. The molecule has 2 N–H and O–H groups in total. The molecule has 1 fully saturated rings. The summed E-state index contributed by atoms with van der Waals surface area (Å²) in [6.45, 7) is 1.37. The van der Waals surface area contributed by atoms with Crippen molar-refractivity contribution in [2.75, 3.05) is 31.6 Å². The van der Waals surface area contributed by atoms with Crippen LogP contribution in [0.2, 0.25) is 0 Å². The average molecular weight is 604 g/mol. The number of H-pyrrole nitrogens is 1. The highest BCUT2D eigenvalue weighted by Gasteiger charge is 2.34. The van der Waals surface area contributed by atoms with E-state index in [4.69, 9.17) is 0 Å². The normalized spacial score (nSPS) is 15.4. The fraction of sp³-hybridized carbons (Fsp3) is 0.258. The van der Waals surface area contributed by atoms with Gasteiger partial charge in [0, 0.05) is 72.0 Å². The lowest BCUT2D eigenvalue weighted by molar-refractivity contribution is -0.138. The van der Waals surface area contributed by atoms with Crippen LogP contribution < -0.4 is 4.90 Å². The Kier molecular flexibility index (Phi) is 8.21. The lowest BCUT2D eigenvalue weighted by atomic mass is 9.99. The summed E-state index contributed by atoms with van der Waals surface area (Å²) in [5.74, 6) is -1.27. The fourth-order valence-electron chi connectivity index (χ4n) is 5.31. The summed E-state index contributed by atoms with van der Waals surface area (Å²) < 4.78 is 0.890. The topological polar surface area (TPSA) is 96.9 Å². The number of fused-ring (bicyclic) bond motifs is 1. The van der Waals surface area contributed by atoms with Gasteiger partial charge in [0.1, 0.15) is 0 Å². The van der Waals surface area contributed by atoms with Crippen molar-refractivity contribution in [3.05, 3.63) is 100 Å². The van der Waals surface area contributed by atoms with Gasteiger partial charge in [-0.1, -0.05) is 52.3 Å². The summed E-state index contributed by atoms with van der Waals surface area (Å²) in [4.78, 5) is 47.0. The molecule has 0 spiro atoms. The minimum Gasteiger partial charge on any atom is -0.481 e. The molecule has 1 aliphatic heterocycles. The van der Waals surface area contributed by atoms with Crippen molar-refractivity contribution < 1.29 is 19.5 Å². The highest BCUT2D eigenvalue weighted by atomic mass is 79.9. The minimum atomic E-state index is -0.901. The van der Waals surface area contributed by atoms with Crippen LogP contribution in [0, 0.1) is 5.92 Å². The van der Waals surface area contributed by atoms with Crippen LogP contribution in [0.4, 0.5) is 10.5 Å². The predicted molar refractivity (Wildman–Crippen MR) is 158 cm³/mol. The molecule has 8 nitrogen and oxygen atoms in total. The Morgan fingerprint density at radius 1 is 1.00 bits per heavy atom. The van der Waals surface area contributed by atoms with E-state index in [1.807, 2.05) is 66.9 Å². The van der Waals surface area contributed by atoms with Crippen LogP contribution in [0.3, 0.4) is 0 Å². The number of carboxylic acid groups (broad SMARTS) is 1. The summed E-state index contributed by atoms with van der Waals surface area (Å²) in [7, 11) is 1.79. The number of aliphatic carboxylic acids is 1. The van der Waals surface area contributed by atoms with Crippen LogP contribution in [0.5, 0.6) is 0 Å². The predicted octanol–water partition coefficient (Wildman–Crippen LogP) is 5.78. The maximum atomic E-state index is 13.6. The van der Waals surface area contributed by atoms with Gasteiger partial charge in [0.05, 0.1) is 6.42 Å². The van der Waals surface area contributed by atoms with Crippen molar-refractivity contribution in [3.8, 4) is 0 Å². The van der Waals surface area contributed by atoms with Crippen molar-refractivity contribution in [2.45, 2.75) is 19.4 Å². The number of anilines is 1. The lowest BCUT2D eigenvalue weighted by Crippen LogP contribution is -2.53. The largest absolute Gasteiger partial charge is 0.481 e. The molecule has 0 aliphatic carbocycles. The highest BCUT2D eigenvalue weighted by molar-refractivity contribution is 9.10. The number of urea groups is 1. The molecule has 1 unspecified atom stereocenters. The molecule has 0 radical (unpaired) electrons. The van der Waals surface area contributed by atoms with Crippen molar-refractivity contribution in [1.29, 1.82) is 0 Å². The second kappa shape index (κ2) is 12.0. The van der Waals surface area contributed by atoms with Crippen molar-refractivity contribution >= 4 is 50.4 Å².